The molecule has 0 radical (unpaired) electrons. The van der Waals surface area contributed by atoms with Crippen LogP contribution in [-0.4, -0.2) is 61.9 Å². The van der Waals surface area contributed by atoms with E-state index in [1.165, 1.54) is 17.3 Å². The second-order valence-corrected chi connectivity index (χ2v) is 9.61. The lowest BCUT2D eigenvalue weighted by atomic mass is 10.2. The van der Waals surface area contributed by atoms with Crippen LogP contribution in [-0.2, 0) is 11.3 Å². The van der Waals surface area contributed by atoms with Crippen LogP contribution < -0.4 is 0 Å². The molecular formula is C26H27N5O2S. The van der Waals surface area contributed by atoms with Gasteiger partial charge in [0.2, 0.25) is 11.7 Å². The van der Waals surface area contributed by atoms with Gasteiger partial charge in [0.05, 0.1) is 11.5 Å². The van der Waals surface area contributed by atoms with Gasteiger partial charge in [0.15, 0.2) is 10.9 Å². The number of rotatable bonds is 7. The van der Waals surface area contributed by atoms with E-state index in [1.54, 1.807) is 6.26 Å². The highest BCUT2D eigenvalue weighted by molar-refractivity contribution is 8.00. The van der Waals surface area contributed by atoms with Crippen molar-refractivity contribution >= 4 is 17.7 Å². The third kappa shape index (κ3) is 4.93. The summed E-state index contributed by atoms with van der Waals surface area (Å²) in [5, 5.41) is 9.18. The predicted molar refractivity (Wildman–Crippen MR) is 133 cm³/mol. The average Bonchev–Trinajstić information content (AvgIpc) is 3.55. The SMILES string of the molecule is CC(Sc1nnc(-c2ccco2)n1-c1ccccc1)C(=O)N1CCN(Cc2ccccc2)CC1. The molecule has 174 valence electrons. The van der Waals surface area contributed by atoms with Gasteiger partial charge in [-0.05, 0) is 36.8 Å². The molecule has 1 aliphatic heterocycles. The Morgan fingerprint density at radius 2 is 1.65 bits per heavy atom. The van der Waals surface area contributed by atoms with Gasteiger partial charge in [0.25, 0.3) is 0 Å². The summed E-state index contributed by atoms with van der Waals surface area (Å²) in [7, 11) is 0. The van der Waals surface area contributed by atoms with Crippen molar-refractivity contribution < 1.29 is 9.21 Å². The predicted octanol–water partition coefficient (Wildman–Crippen LogP) is 4.35. The van der Waals surface area contributed by atoms with Crippen LogP contribution in [0.2, 0.25) is 0 Å². The zero-order chi connectivity index (χ0) is 23.3. The summed E-state index contributed by atoms with van der Waals surface area (Å²) in [6.45, 7) is 6.09. The van der Waals surface area contributed by atoms with E-state index in [4.69, 9.17) is 4.42 Å². The number of thioether (sulfide) groups is 1. The maximum Gasteiger partial charge on any atom is 0.235 e. The first kappa shape index (κ1) is 22.4. The zero-order valence-corrected chi connectivity index (χ0v) is 19.9. The molecule has 0 bridgehead atoms. The van der Waals surface area contributed by atoms with Crippen LogP contribution in [0.5, 0.6) is 0 Å². The Kier molecular flexibility index (Phi) is 6.78. The number of aromatic nitrogens is 3. The Morgan fingerprint density at radius 1 is 0.941 bits per heavy atom. The molecule has 0 spiro atoms. The first-order chi connectivity index (χ1) is 16.7. The summed E-state index contributed by atoms with van der Waals surface area (Å²) in [6, 6.07) is 24.1. The molecule has 34 heavy (non-hydrogen) atoms. The van der Waals surface area contributed by atoms with Crippen molar-refractivity contribution in [2.24, 2.45) is 0 Å². The van der Waals surface area contributed by atoms with E-state index in [0.29, 0.717) is 16.7 Å². The number of hydrogen-bond acceptors (Lipinski definition) is 6. The zero-order valence-electron chi connectivity index (χ0n) is 19.1. The van der Waals surface area contributed by atoms with Crippen molar-refractivity contribution in [3.05, 3.63) is 84.6 Å². The van der Waals surface area contributed by atoms with E-state index in [1.807, 2.05) is 64.9 Å². The van der Waals surface area contributed by atoms with Crippen molar-refractivity contribution in [2.45, 2.75) is 23.9 Å². The molecule has 2 aromatic heterocycles. The van der Waals surface area contributed by atoms with Gasteiger partial charge in [0.1, 0.15) is 0 Å². The van der Waals surface area contributed by atoms with Crippen LogP contribution in [0.15, 0.2) is 88.6 Å². The Bertz CT molecular complexity index is 1200. The lowest BCUT2D eigenvalue weighted by molar-refractivity contribution is -0.132. The van der Waals surface area contributed by atoms with Crippen molar-refractivity contribution in [1.82, 2.24) is 24.6 Å². The van der Waals surface area contributed by atoms with Crippen LogP contribution in [0.1, 0.15) is 12.5 Å². The monoisotopic (exact) mass is 473 g/mol. The van der Waals surface area contributed by atoms with Gasteiger partial charge in [0, 0.05) is 38.4 Å². The summed E-state index contributed by atoms with van der Waals surface area (Å²) >= 11 is 1.43. The first-order valence-electron chi connectivity index (χ1n) is 11.5. The number of carbonyl (C=O) groups excluding carboxylic acids is 1. The Morgan fingerprint density at radius 3 is 2.32 bits per heavy atom. The molecule has 7 nitrogen and oxygen atoms in total. The van der Waals surface area contributed by atoms with Crippen LogP contribution in [0, 0.1) is 0 Å². The third-order valence-corrected chi connectivity index (χ3v) is 6.98. The minimum absolute atomic E-state index is 0.131. The molecule has 1 atom stereocenters. The van der Waals surface area contributed by atoms with Crippen molar-refractivity contribution in [2.75, 3.05) is 26.2 Å². The van der Waals surface area contributed by atoms with E-state index < -0.39 is 0 Å². The number of para-hydroxylation sites is 1. The highest BCUT2D eigenvalue weighted by atomic mass is 32.2. The minimum Gasteiger partial charge on any atom is -0.461 e. The number of furan rings is 1. The first-order valence-corrected chi connectivity index (χ1v) is 12.3. The van der Waals surface area contributed by atoms with Crippen molar-refractivity contribution in [3.8, 4) is 17.3 Å². The van der Waals surface area contributed by atoms with E-state index in [2.05, 4.69) is 39.4 Å². The molecule has 1 amide bonds. The second-order valence-electron chi connectivity index (χ2n) is 8.30. The number of nitrogens with zero attached hydrogens (tertiary/aromatic N) is 5. The lowest BCUT2D eigenvalue weighted by Gasteiger charge is -2.35. The molecule has 0 N–H and O–H groups in total. The fourth-order valence-electron chi connectivity index (χ4n) is 4.16. The second kappa shape index (κ2) is 10.3. The van der Waals surface area contributed by atoms with Gasteiger partial charge in [-0.15, -0.1) is 10.2 Å². The quantitative estimate of drug-likeness (QED) is 0.372. The van der Waals surface area contributed by atoms with Crippen molar-refractivity contribution in [1.29, 1.82) is 0 Å². The van der Waals surface area contributed by atoms with Gasteiger partial charge in [-0.3, -0.25) is 14.3 Å². The Labute approximate surface area is 203 Å². The van der Waals surface area contributed by atoms with Crippen LogP contribution in [0.4, 0.5) is 0 Å². The summed E-state index contributed by atoms with van der Waals surface area (Å²) in [6.07, 6.45) is 1.62. The van der Waals surface area contributed by atoms with Crippen molar-refractivity contribution in [3.63, 3.8) is 0 Å². The molecule has 1 saturated heterocycles. The molecule has 5 rings (SSSR count). The molecule has 8 heteroatoms. The van der Waals surface area contributed by atoms with E-state index in [9.17, 15) is 4.79 Å². The van der Waals surface area contributed by atoms with Gasteiger partial charge in [-0.2, -0.15) is 0 Å². The molecular weight excluding hydrogens is 446 g/mol. The van der Waals surface area contributed by atoms with E-state index in [-0.39, 0.29) is 11.2 Å². The molecule has 2 aromatic carbocycles. The third-order valence-electron chi connectivity index (χ3n) is 5.95. The van der Waals surface area contributed by atoms with Gasteiger partial charge >= 0.3 is 0 Å². The maximum atomic E-state index is 13.3. The molecule has 3 heterocycles. The summed E-state index contributed by atoms with van der Waals surface area (Å²) in [5.74, 6) is 1.39. The van der Waals surface area contributed by atoms with Gasteiger partial charge in [-0.1, -0.05) is 60.3 Å². The minimum atomic E-state index is -0.281. The average molecular weight is 474 g/mol. The Balaban J connectivity index is 1.26. The standard InChI is InChI=1S/C26H27N5O2S/c1-20(25(32)30-16-14-29(15-17-30)19-21-9-4-2-5-10-21)34-26-28-27-24(23-13-8-18-33-23)31(26)22-11-6-3-7-12-22/h2-13,18,20H,14-17,19H2,1H3. The number of carbonyl (C=O) groups is 1. The Hall–Kier alpha value is -3.36. The summed E-state index contributed by atoms with van der Waals surface area (Å²) < 4.78 is 7.53. The maximum absolute atomic E-state index is 13.3. The van der Waals surface area contributed by atoms with E-state index in [0.717, 1.165) is 38.4 Å². The molecule has 1 unspecified atom stereocenters. The van der Waals surface area contributed by atoms with E-state index >= 15 is 0 Å². The summed E-state index contributed by atoms with van der Waals surface area (Å²) in [5.41, 5.74) is 2.23. The van der Waals surface area contributed by atoms with Crippen LogP contribution in [0.25, 0.3) is 17.3 Å². The fraction of sp³-hybridized carbons (Fsp3) is 0.269. The lowest BCUT2D eigenvalue weighted by Crippen LogP contribution is -2.50. The molecule has 0 aliphatic carbocycles. The largest absolute Gasteiger partial charge is 0.461 e. The highest BCUT2D eigenvalue weighted by Crippen LogP contribution is 2.31. The van der Waals surface area contributed by atoms with Gasteiger partial charge in [-0.25, -0.2) is 0 Å². The molecule has 1 fully saturated rings. The number of piperazine rings is 1. The smallest absolute Gasteiger partial charge is 0.235 e. The van der Waals surface area contributed by atoms with Crippen LogP contribution in [0.3, 0.4) is 0 Å². The molecule has 1 aliphatic rings. The highest BCUT2D eigenvalue weighted by Gasteiger charge is 2.28. The van der Waals surface area contributed by atoms with Crippen LogP contribution >= 0.6 is 11.8 Å². The molecule has 4 aromatic rings. The number of hydrogen-bond donors (Lipinski definition) is 0. The number of amides is 1. The van der Waals surface area contributed by atoms with Gasteiger partial charge < -0.3 is 9.32 Å². The molecule has 0 saturated carbocycles. The summed E-state index contributed by atoms with van der Waals surface area (Å²) in [4.78, 5) is 17.6. The fourth-order valence-corrected chi connectivity index (χ4v) is 5.11. The topological polar surface area (TPSA) is 67.4 Å². The number of benzene rings is 2. The normalized spacial score (nSPS) is 15.4.